The van der Waals surface area contributed by atoms with Crippen LogP contribution < -0.4 is 5.32 Å². The van der Waals surface area contributed by atoms with Crippen molar-refractivity contribution in [2.24, 2.45) is 0 Å². The number of hydrogen-bond donors (Lipinski definition) is 1. The molecule has 0 amide bonds. The maximum absolute atomic E-state index is 5.94. The normalized spacial score (nSPS) is 12.6. The van der Waals surface area contributed by atoms with Crippen LogP contribution in [0.15, 0.2) is 36.4 Å². The molecule has 0 fully saturated rings. The molecule has 0 bridgehead atoms. The minimum atomic E-state index is 0.390. The molecule has 1 nitrogen and oxygen atoms in total. The molecule has 1 heterocycles. The van der Waals surface area contributed by atoms with Gasteiger partial charge in [-0.1, -0.05) is 49.2 Å². The number of aryl methyl sites for hydroxylation is 1. The molecule has 2 rings (SSSR count). The molecule has 1 aromatic heterocycles. The molecule has 0 saturated heterocycles. The second-order valence-corrected chi connectivity index (χ2v) is 6.92. The van der Waals surface area contributed by atoms with Gasteiger partial charge in [0.25, 0.3) is 0 Å². The van der Waals surface area contributed by atoms with E-state index in [1.54, 1.807) is 11.3 Å². The number of hydrogen-bond acceptors (Lipinski definition) is 2. The SMILES string of the molecule is CCCc1ccc(C(C)NCCc2ccc(Cl)s2)cc1. The van der Waals surface area contributed by atoms with Gasteiger partial charge in [-0.15, -0.1) is 11.3 Å². The molecule has 0 aliphatic carbocycles. The van der Waals surface area contributed by atoms with E-state index >= 15 is 0 Å². The van der Waals surface area contributed by atoms with Crippen LogP contribution in [0.4, 0.5) is 0 Å². The summed E-state index contributed by atoms with van der Waals surface area (Å²) >= 11 is 7.60. The fourth-order valence-electron chi connectivity index (χ4n) is 2.28. The van der Waals surface area contributed by atoms with E-state index in [-0.39, 0.29) is 0 Å². The van der Waals surface area contributed by atoms with Gasteiger partial charge in [0.2, 0.25) is 0 Å². The highest BCUT2D eigenvalue weighted by Crippen LogP contribution is 2.21. The molecule has 0 saturated carbocycles. The average molecular weight is 308 g/mol. The third-order valence-corrected chi connectivity index (χ3v) is 4.76. The fourth-order valence-corrected chi connectivity index (χ4v) is 3.36. The number of nitrogens with one attached hydrogen (secondary N) is 1. The van der Waals surface area contributed by atoms with Crippen LogP contribution >= 0.6 is 22.9 Å². The highest BCUT2D eigenvalue weighted by molar-refractivity contribution is 7.16. The smallest absolute Gasteiger partial charge is 0.0931 e. The Hall–Kier alpha value is -0.830. The maximum Gasteiger partial charge on any atom is 0.0931 e. The summed E-state index contributed by atoms with van der Waals surface area (Å²) in [6.45, 7) is 5.42. The highest BCUT2D eigenvalue weighted by Gasteiger charge is 2.05. The molecular weight excluding hydrogens is 286 g/mol. The summed E-state index contributed by atoms with van der Waals surface area (Å²) in [6, 6.07) is 13.4. The van der Waals surface area contributed by atoms with E-state index in [2.05, 4.69) is 49.5 Å². The summed E-state index contributed by atoms with van der Waals surface area (Å²) in [5, 5.41) is 3.57. The van der Waals surface area contributed by atoms with Crippen LogP contribution in [0.2, 0.25) is 4.34 Å². The molecule has 108 valence electrons. The summed E-state index contributed by atoms with van der Waals surface area (Å²) in [6.07, 6.45) is 3.41. The lowest BCUT2D eigenvalue weighted by Crippen LogP contribution is -2.21. The Morgan fingerprint density at radius 2 is 1.85 bits per heavy atom. The van der Waals surface area contributed by atoms with Crippen LogP contribution in [-0.4, -0.2) is 6.54 Å². The third-order valence-electron chi connectivity index (χ3n) is 3.47. The molecule has 1 atom stereocenters. The Kier molecular flexibility index (Phi) is 6.08. The molecule has 20 heavy (non-hydrogen) atoms. The first-order valence-electron chi connectivity index (χ1n) is 7.25. The minimum Gasteiger partial charge on any atom is -0.310 e. The van der Waals surface area contributed by atoms with E-state index in [4.69, 9.17) is 11.6 Å². The zero-order valence-corrected chi connectivity index (χ0v) is 13.7. The van der Waals surface area contributed by atoms with Crippen molar-refractivity contribution in [1.29, 1.82) is 0 Å². The Balaban J connectivity index is 1.80. The molecule has 2 aromatic rings. The summed E-state index contributed by atoms with van der Waals surface area (Å²) in [5.74, 6) is 0. The van der Waals surface area contributed by atoms with Gasteiger partial charge >= 0.3 is 0 Å². The molecule has 0 aliphatic rings. The first kappa shape index (κ1) is 15.6. The summed E-state index contributed by atoms with van der Waals surface area (Å²) in [4.78, 5) is 1.34. The van der Waals surface area contributed by atoms with E-state index < -0.39 is 0 Å². The van der Waals surface area contributed by atoms with Gasteiger partial charge < -0.3 is 5.32 Å². The summed E-state index contributed by atoms with van der Waals surface area (Å²) in [5.41, 5.74) is 2.78. The molecule has 1 aromatic carbocycles. The Morgan fingerprint density at radius 1 is 1.10 bits per heavy atom. The van der Waals surface area contributed by atoms with Gasteiger partial charge in [0.1, 0.15) is 0 Å². The number of rotatable bonds is 7. The topological polar surface area (TPSA) is 12.0 Å². The maximum atomic E-state index is 5.94. The van der Waals surface area contributed by atoms with Crippen molar-refractivity contribution in [3.8, 4) is 0 Å². The lowest BCUT2D eigenvalue weighted by Gasteiger charge is -2.14. The number of halogens is 1. The van der Waals surface area contributed by atoms with Gasteiger partial charge in [-0.05, 0) is 43.0 Å². The third kappa shape index (κ3) is 4.62. The largest absolute Gasteiger partial charge is 0.310 e. The van der Waals surface area contributed by atoms with Gasteiger partial charge in [-0.25, -0.2) is 0 Å². The lowest BCUT2D eigenvalue weighted by molar-refractivity contribution is 0.578. The van der Waals surface area contributed by atoms with Crippen LogP contribution in [-0.2, 0) is 12.8 Å². The second-order valence-electron chi connectivity index (χ2n) is 5.12. The van der Waals surface area contributed by atoms with Crippen LogP contribution in [0.1, 0.15) is 42.3 Å². The number of thiophene rings is 1. The van der Waals surface area contributed by atoms with Crippen molar-refractivity contribution < 1.29 is 0 Å². The van der Waals surface area contributed by atoms with E-state index in [0.29, 0.717) is 6.04 Å². The van der Waals surface area contributed by atoms with E-state index in [9.17, 15) is 0 Å². The Bertz CT molecular complexity index is 518. The van der Waals surface area contributed by atoms with E-state index in [0.717, 1.165) is 17.3 Å². The van der Waals surface area contributed by atoms with Crippen LogP contribution in [0.5, 0.6) is 0 Å². The van der Waals surface area contributed by atoms with E-state index in [1.807, 2.05) is 6.07 Å². The van der Waals surface area contributed by atoms with Gasteiger partial charge in [-0.2, -0.15) is 0 Å². The second kappa shape index (κ2) is 7.82. The van der Waals surface area contributed by atoms with Crippen molar-refractivity contribution >= 4 is 22.9 Å². The first-order chi connectivity index (χ1) is 9.69. The summed E-state index contributed by atoms with van der Waals surface area (Å²) in [7, 11) is 0. The molecular formula is C17H22ClNS. The molecule has 0 radical (unpaired) electrons. The number of benzene rings is 1. The zero-order chi connectivity index (χ0) is 14.4. The molecule has 0 aliphatic heterocycles. The Morgan fingerprint density at radius 3 is 2.45 bits per heavy atom. The van der Waals surface area contributed by atoms with Crippen molar-refractivity contribution in [3.05, 3.63) is 56.7 Å². The first-order valence-corrected chi connectivity index (χ1v) is 8.45. The fraction of sp³-hybridized carbons (Fsp3) is 0.412. The standard InChI is InChI=1S/C17H22ClNS/c1-3-4-14-5-7-15(8-6-14)13(2)19-12-11-16-9-10-17(18)20-16/h5-10,13,19H,3-4,11-12H2,1-2H3. The van der Waals surface area contributed by atoms with Gasteiger partial charge in [0, 0.05) is 17.5 Å². The molecule has 3 heteroatoms. The van der Waals surface area contributed by atoms with Gasteiger partial charge in [0.05, 0.1) is 4.34 Å². The van der Waals surface area contributed by atoms with Crippen molar-refractivity contribution in [2.45, 2.75) is 39.2 Å². The van der Waals surface area contributed by atoms with Crippen LogP contribution in [0, 0.1) is 0 Å². The zero-order valence-electron chi connectivity index (χ0n) is 12.2. The van der Waals surface area contributed by atoms with Gasteiger partial charge in [0.15, 0.2) is 0 Å². The predicted octanol–water partition coefficient (Wildman–Crippen LogP) is 5.25. The predicted molar refractivity (Wildman–Crippen MR) is 89.9 cm³/mol. The lowest BCUT2D eigenvalue weighted by atomic mass is 10.0. The minimum absolute atomic E-state index is 0.390. The molecule has 1 N–H and O–H groups in total. The van der Waals surface area contributed by atoms with Crippen LogP contribution in [0.3, 0.4) is 0 Å². The summed E-state index contributed by atoms with van der Waals surface area (Å²) < 4.78 is 0.875. The van der Waals surface area contributed by atoms with Crippen molar-refractivity contribution in [1.82, 2.24) is 5.32 Å². The Labute approximate surface area is 131 Å². The van der Waals surface area contributed by atoms with Crippen molar-refractivity contribution in [3.63, 3.8) is 0 Å². The van der Waals surface area contributed by atoms with Gasteiger partial charge in [-0.3, -0.25) is 0 Å². The van der Waals surface area contributed by atoms with Crippen LogP contribution in [0.25, 0.3) is 0 Å². The quantitative estimate of drug-likeness (QED) is 0.737. The highest BCUT2D eigenvalue weighted by atomic mass is 35.5. The van der Waals surface area contributed by atoms with E-state index in [1.165, 1.54) is 28.8 Å². The average Bonchev–Trinajstić information content (AvgIpc) is 2.85. The van der Waals surface area contributed by atoms with Crippen molar-refractivity contribution in [2.75, 3.05) is 6.54 Å². The monoisotopic (exact) mass is 307 g/mol. The molecule has 1 unspecified atom stereocenters. The molecule has 0 spiro atoms.